The zero-order chi connectivity index (χ0) is 18.6. The second-order valence-electron chi connectivity index (χ2n) is 6.97. The van der Waals surface area contributed by atoms with Gasteiger partial charge in [-0.3, -0.25) is 14.7 Å². The van der Waals surface area contributed by atoms with Crippen molar-refractivity contribution in [3.63, 3.8) is 0 Å². The molecule has 1 aromatic heterocycles. The molecule has 0 N–H and O–H groups in total. The van der Waals surface area contributed by atoms with E-state index in [4.69, 9.17) is 4.74 Å². The Morgan fingerprint density at radius 3 is 2.57 bits per heavy atom. The van der Waals surface area contributed by atoms with Crippen LogP contribution >= 0.6 is 12.4 Å². The number of carbonyl (C=O) groups excluding carboxylic acids is 2. The van der Waals surface area contributed by atoms with E-state index in [9.17, 15) is 9.59 Å². The Morgan fingerprint density at radius 1 is 1.07 bits per heavy atom. The van der Waals surface area contributed by atoms with Crippen molar-refractivity contribution < 1.29 is 14.3 Å². The third-order valence-electron chi connectivity index (χ3n) is 5.26. The largest absolute Gasteiger partial charge is 0.454 e. The number of aromatic nitrogens is 1. The van der Waals surface area contributed by atoms with Gasteiger partial charge in [0.15, 0.2) is 0 Å². The predicted octanol–water partition coefficient (Wildman–Crippen LogP) is 2.95. The highest BCUT2D eigenvalue weighted by Crippen LogP contribution is 2.33. The summed E-state index contributed by atoms with van der Waals surface area (Å²) >= 11 is 0. The van der Waals surface area contributed by atoms with E-state index >= 15 is 0 Å². The van der Waals surface area contributed by atoms with Crippen LogP contribution in [0.4, 0.5) is 0 Å². The van der Waals surface area contributed by atoms with Crippen molar-refractivity contribution in [2.75, 3.05) is 32.7 Å². The molecular weight excluding hydrogens is 378 g/mol. The van der Waals surface area contributed by atoms with Crippen LogP contribution in [0.5, 0.6) is 0 Å². The molecule has 6 nitrogen and oxygen atoms in total. The first-order valence-corrected chi connectivity index (χ1v) is 9.45. The number of cyclic esters (lactones) is 1. The van der Waals surface area contributed by atoms with Gasteiger partial charge >= 0.3 is 5.97 Å². The lowest BCUT2D eigenvalue weighted by Gasteiger charge is -2.34. The number of pyridine rings is 1. The lowest BCUT2D eigenvalue weighted by atomic mass is 10.0. The summed E-state index contributed by atoms with van der Waals surface area (Å²) in [4.78, 5) is 32.7. The second-order valence-corrected chi connectivity index (χ2v) is 6.97. The maximum Gasteiger partial charge on any atom is 0.339 e. The van der Waals surface area contributed by atoms with Gasteiger partial charge in [0.05, 0.1) is 5.56 Å². The van der Waals surface area contributed by atoms with Crippen LogP contribution < -0.4 is 0 Å². The summed E-state index contributed by atoms with van der Waals surface area (Å²) in [6.45, 7) is 4.11. The molecule has 1 fully saturated rings. The van der Waals surface area contributed by atoms with Crippen LogP contribution in [0.3, 0.4) is 0 Å². The summed E-state index contributed by atoms with van der Waals surface area (Å²) in [7, 11) is 0. The third kappa shape index (κ3) is 4.34. The first-order valence-electron chi connectivity index (χ1n) is 9.45. The fourth-order valence-corrected chi connectivity index (χ4v) is 3.76. The van der Waals surface area contributed by atoms with Gasteiger partial charge in [0.1, 0.15) is 11.8 Å². The lowest BCUT2D eigenvalue weighted by Crippen LogP contribution is -2.49. The van der Waals surface area contributed by atoms with Crippen LogP contribution in [0.25, 0.3) is 0 Å². The van der Waals surface area contributed by atoms with Crippen molar-refractivity contribution in [3.05, 3.63) is 65.5 Å². The average Bonchev–Trinajstić information content (AvgIpc) is 3.05. The molecule has 0 bridgehead atoms. The van der Waals surface area contributed by atoms with Crippen molar-refractivity contribution in [2.24, 2.45) is 0 Å². The fourth-order valence-electron chi connectivity index (χ4n) is 3.76. The maximum atomic E-state index is 12.4. The van der Waals surface area contributed by atoms with E-state index in [-0.39, 0.29) is 30.4 Å². The van der Waals surface area contributed by atoms with Gasteiger partial charge in [-0.2, -0.15) is 0 Å². The van der Waals surface area contributed by atoms with Crippen molar-refractivity contribution in [1.29, 1.82) is 0 Å². The Balaban J connectivity index is 0.00000225. The monoisotopic (exact) mass is 401 g/mol. The summed E-state index contributed by atoms with van der Waals surface area (Å²) in [5, 5.41) is 0. The zero-order valence-corrected chi connectivity index (χ0v) is 16.4. The van der Waals surface area contributed by atoms with Gasteiger partial charge in [-0.05, 0) is 37.6 Å². The van der Waals surface area contributed by atoms with Crippen LogP contribution in [-0.2, 0) is 4.74 Å². The quantitative estimate of drug-likeness (QED) is 0.721. The highest BCUT2D eigenvalue weighted by Gasteiger charge is 2.30. The van der Waals surface area contributed by atoms with Gasteiger partial charge in [-0.25, -0.2) is 4.79 Å². The normalized spacial score (nSPS) is 18.9. The van der Waals surface area contributed by atoms with E-state index in [0.29, 0.717) is 11.3 Å². The molecule has 1 aromatic carbocycles. The smallest absolute Gasteiger partial charge is 0.339 e. The Morgan fingerprint density at radius 2 is 1.82 bits per heavy atom. The number of esters is 1. The molecule has 4 rings (SSSR count). The van der Waals surface area contributed by atoms with Gasteiger partial charge in [0.2, 0.25) is 0 Å². The van der Waals surface area contributed by atoms with Gasteiger partial charge in [0.25, 0.3) is 5.91 Å². The molecule has 1 unspecified atom stereocenters. The first kappa shape index (κ1) is 20.3. The Kier molecular flexibility index (Phi) is 6.65. The van der Waals surface area contributed by atoms with Crippen molar-refractivity contribution in [2.45, 2.75) is 18.9 Å². The lowest BCUT2D eigenvalue weighted by molar-refractivity contribution is 0.0353. The number of ether oxygens (including phenoxy) is 1. The third-order valence-corrected chi connectivity index (χ3v) is 5.26. The Hall–Kier alpha value is -2.44. The van der Waals surface area contributed by atoms with Crippen molar-refractivity contribution in [1.82, 2.24) is 14.8 Å². The Bertz CT molecular complexity index is 823. The van der Waals surface area contributed by atoms with Crippen LogP contribution in [0.2, 0.25) is 0 Å². The maximum absolute atomic E-state index is 12.4. The number of hydrogen-bond donors (Lipinski definition) is 0. The molecular formula is C21H24ClN3O3. The SMILES string of the molecule is Cl.O=C1OC(CCCN2CCN(C(=O)c3ccccn3)CC2)c2ccccc21. The summed E-state index contributed by atoms with van der Waals surface area (Å²) in [5.74, 6) is -0.207. The van der Waals surface area contributed by atoms with E-state index in [1.165, 1.54) is 0 Å². The standard InChI is InChI=1S/C21H23N3O3.ClH/c25-20(18-8-3-4-10-22-18)24-14-12-23(13-15-24)11-5-9-19-16-6-1-2-7-17(16)21(26)27-19;/h1-4,6-8,10,19H,5,9,11-15H2;1H. The zero-order valence-electron chi connectivity index (χ0n) is 15.6. The molecule has 7 heteroatoms. The molecule has 2 aromatic rings. The number of piperazine rings is 1. The molecule has 1 saturated heterocycles. The number of carbonyl (C=O) groups is 2. The molecule has 148 valence electrons. The number of hydrogen-bond acceptors (Lipinski definition) is 5. The van der Waals surface area contributed by atoms with E-state index in [0.717, 1.165) is 51.1 Å². The number of amides is 1. The fraction of sp³-hybridized carbons (Fsp3) is 0.381. The van der Waals surface area contributed by atoms with Gasteiger partial charge in [-0.15, -0.1) is 12.4 Å². The molecule has 2 aliphatic rings. The average molecular weight is 402 g/mol. The highest BCUT2D eigenvalue weighted by atomic mass is 35.5. The predicted molar refractivity (Wildman–Crippen MR) is 108 cm³/mol. The molecule has 2 aliphatic heterocycles. The molecule has 0 radical (unpaired) electrons. The molecule has 1 amide bonds. The molecule has 0 aliphatic carbocycles. The van der Waals surface area contributed by atoms with Crippen LogP contribution in [-0.4, -0.2) is 59.4 Å². The molecule has 28 heavy (non-hydrogen) atoms. The van der Waals surface area contributed by atoms with Crippen molar-refractivity contribution >= 4 is 24.3 Å². The van der Waals surface area contributed by atoms with Gasteiger partial charge in [-0.1, -0.05) is 24.3 Å². The van der Waals surface area contributed by atoms with E-state index in [1.807, 2.05) is 41.3 Å². The number of nitrogens with zero attached hydrogens (tertiary/aromatic N) is 3. The summed E-state index contributed by atoms with van der Waals surface area (Å²) in [6.07, 6.45) is 3.31. The van der Waals surface area contributed by atoms with Gasteiger partial charge < -0.3 is 9.64 Å². The Labute approximate surface area is 170 Å². The molecule has 0 saturated carbocycles. The van der Waals surface area contributed by atoms with Crippen LogP contribution in [0.1, 0.15) is 45.4 Å². The first-order chi connectivity index (χ1) is 13.2. The van der Waals surface area contributed by atoms with Gasteiger partial charge in [0, 0.05) is 37.9 Å². The van der Waals surface area contributed by atoms with Crippen LogP contribution in [0, 0.1) is 0 Å². The summed E-state index contributed by atoms with van der Waals surface area (Å²) in [6, 6.07) is 13.0. The number of rotatable bonds is 5. The number of halogens is 1. The van der Waals surface area contributed by atoms with E-state index in [2.05, 4.69) is 9.88 Å². The summed E-state index contributed by atoms with van der Waals surface area (Å²) < 4.78 is 5.50. The molecule has 3 heterocycles. The van der Waals surface area contributed by atoms with Crippen molar-refractivity contribution in [3.8, 4) is 0 Å². The second kappa shape index (κ2) is 9.17. The molecule has 1 atom stereocenters. The highest BCUT2D eigenvalue weighted by molar-refractivity contribution is 5.94. The number of benzene rings is 1. The molecule has 0 spiro atoms. The summed E-state index contributed by atoms with van der Waals surface area (Å²) in [5.41, 5.74) is 2.21. The minimum absolute atomic E-state index is 0. The minimum atomic E-state index is -0.211. The minimum Gasteiger partial charge on any atom is -0.454 e. The topological polar surface area (TPSA) is 62.7 Å². The number of fused-ring (bicyclic) bond motifs is 1. The van der Waals surface area contributed by atoms with E-state index in [1.54, 1.807) is 12.3 Å². The van der Waals surface area contributed by atoms with E-state index < -0.39 is 0 Å². The van der Waals surface area contributed by atoms with Crippen LogP contribution in [0.15, 0.2) is 48.7 Å².